The summed E-state index contributed by atoms with van der Waals surface area (Å²) in [6, 6.07) is 35.2. The van der Waals surface area contributed by atoms with Crippen molar-refractivity contribution in [2.24, 2.45) is 0 Å². The van der Waals surface area contributed by atoms with Crippen molar-refractivity contribution >= 4 is 11.8 Å². The van der Waals surface area contributed by atoms with Crippen molar-refractivity contribution in [1.29, 1.82) is 0 Å². The lowest BCUT2D eigenvalue weighted by atomic mass is 9.98. The summed E-state index contributed by atoms with van der Waals surface area (Å²) in [5.41, 5.74) is 2.07. The predicted molar refractivity (Wildman–Crippen MR) is 180 cm³/mol. The standard InChI is InChI=1S/C38H45N3O5/c1-4-45-35-19-15-31(16-20-35)25-29(2)41(26-32-11-7-5-8-12-32)28-38(44,40-37(43)23-24-39-30(3)42)34-17-21-36(22-18-34)46-27-33-13-9-6-10-14-33/h5-22,29,44H,4,23-28H2,1-3H3,(H,39,42)(H,40,43). The topological polar surface area (TPSA) is 100 Å². The first kappa shape index (κ1) is 34.2. The van der Waals surface area contributed by atoms with Crippen LogP contribution in [0.15, 0.2) is 109 Å². The number of hydrogen-bond acceptors (Lipinski definition) is 6. The molecule has 0 saturated carbocycles. The molecule has 0 aliphatic rings. The van der Waals surface area contributed by atoms with Crippen LogP contribution in [0.2, 0.25) is 0 Å². The molecule has 4 aromatic carbocycles. The van der Waals surface area contributed by atoms with Gasteiger partial charge < -0.3 is 25.2 Å². The molecule has 8 nitrogen and oxygen atoms in total. The van der Waals surface area contributed by atoms with Gasteiger partial charge in [0.1, 0.15) is 18.1 Å². The van der Waals surface area contributed by atoms with Crippen LogP contribution in [-0.4, -0.2) is 47.6 Å². The van der Waals surface area contributed by atoms with Gasteiger partial charge in [0.15, 0.2) is 5.72 Å². The van der Waals surface area contributed by atoms with Crippen molar-refractivity contribution in [2.45, 2.75) is 58.5 Å². The van der Waals surface area contributed by atoms with Gasteiger partial charge in [0.2, 0.25) is 11.8 Å². The highest BCUT2D eigenvalue weighted by Crippen LogP contribution is 2.26. The number of ether oxygens (including phenoxy) is 2. The summed E-state index contributed by atoms with van der Waals surface area (Å²) in [5, 5.41) is 17.8. The predicted octanol–water partition coefficient (Wildman–Crippen LogP) is 5.59. The van der Waals surface area contributed by atoms with Gasteiger partial charge in [0.25, 0.3) is 0 Å². The Hall–Kier alpha value is -4.66. The summed E-state index contributed by atoms with van der Waals surface area (Å²) in [6.07, 6.45) is 0.749. The van der Waals surface area contributed by atoms with Crippen LogP contribution in [-0.2, 0) is 34.9 Å². The summed E-state index contributed by atoms with van der Waals surface area (Å²) in [7, 11) is 0. The highest BCUT2D eigenvalue weighted by atomic mass is 16.5. The summed E-state index contributed by atoms with van der Waals surface area (Å²) in [5.74, 6) is 0.885. The molecule has 4 aromatic rings. The summed E-state index contributed by atoms with van der Waals surface area (Å²) >= 11 is 0. The fourth-order valence-corrected chi connectivity index (χ4v) is 5.25. The molecule has 46 heavy (non-hydrogen) atoms. The van der Waals surface area contributed by atoms with E-state index in [1.165, 1.54) is 6.92 Å². The number of benzene rings is 4. The van der Waals surface area contributed by atoms with Gasteiger partial charge in [-0.15, -0.1) is 0 Å². The quantitative estimate of drug-likeness (QED) is 0.133. The monoisotopic (exact) mass is 623 g/mol. The molecule has 0 aliphatic carbocycles. The van der Waals surface area contributed by atoms with Crippen LogP contribution < -0.4 is 20.1 Å². The molecular formula is C38H45N3O5. The van der Waals surface area contributed by atoms with E-state index in [-0.39, 0.29) is 37.4 Å². The van der Waals surface area contributed by atoms with Gasteiger partial charge in [-0.3, -0.25) is 14.5 Å². The fourth-order valence-electron chi connectivity index (χ4n) is 5.25. The maximum absolute atomic E-state index is 13.1. The number of aliphatic hydroxyl groups is 1. The third-order valence-electron chi connectivity index (χ3n) is 7.70. The maximum atomic E-state index is 13.1. The van der Waals surface area contributed by atoms with E-state index in [0.717, 1.165) is 28.9 Å². The molecule has 0 heterocycles. The second-order valence-electron chi connectivity index (χ2n) is 11.5. The summed E-state index contributed by atoms with van der Waals surface area (Å²) in [4.78, 5) is 26.7. The van der Waals surface area contributed by atoms with Gasteiger partial charge in [-0.05, 0) is 61.2 Å². The molecule has 0 spiro atoms. The molecule has 0 aromatic heterocycles. The van der Waals surface area contributed by atoms with Gasteiger partial charge in [0.05, 0.1) is 13.2 Å². The highest BCUT2D eigenvalue weighted by molar-refractivity contribution is 5.78. The minimum atomic E-state index is -1.73. The number of rotatable bonds is 17. The van der Waals surface area contributed by atoms with Crippen LogP contribution >= 0.6 is 0 Å². The largest absolute Gasteiger partial charge is 0.494 e. The number of carbonyl (C=O) groups is 2. The van der Waals surface area contributed by atoms with Crippen molar-refractivity contribution in [3.63, 3.8) is 0 Å². The Morgan fingerprint density at radius 2 is 1.39 bits per heavy atom. The van der Waals surface area contributed by atoms with E-state index < -0.39 is 5.72 Å². The number of nitrogens with zero attached hydrogens (tertiary/aromatic N) is 1. The molecule has 0 aliphatic heterocycles. The molecule has 2 unspecified atom stereocenters. The second kappa shape index (κ2) is 17.1. The van der Waals surface area contributed by atoms with Crippen LogP contribution in [0.4, 0.5) is 0 Å². The van der Waals surface area contributed by atoms with Crippen LogP contribution in [0.5, 0.6) is 11.5 Å². The lowest BCUT2D eigenvalue weighted by Gasteiger charge is -2.38. The third-order valence-corrected chi connectivity index (χ3v) is 7.70. The number of carbonyl (C=O) groups excluding carboxylic acids is 2. The Kier molecular flexibility index (Phi) is 12.8. The number of nitrogens with one attached hydrogen (secondary N) is 2. The first-order chi connectivity index (χ1) is 22.2. The zero-order valence-corrected chi connectivity index (χ0v) is 26.9. The Balaban J connectivity index is 1.58. The third kappa shape index (κ3) is 10.8. The molecule has 8 heteroatoms. The smallest absolute Gasteiger partial charge is 0.224 e. The highest BCUT2D eigenvalue weighted by Gasteiger charge is 2.35. The molecule has 242 valence electrons. The SMILES string of the molecule is CCOc1ccc(CC(C)N(Cc2ccccc2)CC(O)(NC(=O)CCNC(C)=O)c2ccc(OCc3ccccc3)cc2)cc1. The molecule has 0 radical (unpaired) electrons. The molecule has 4 rings (SSSR count). The van der Waals surface area contributed by atoms with Crippen molar-refractivity contribution in [2.75, 3.05) is 19.7 Å². The molecule has 0 saturated heterocycles. The zero-order valence-electron chi connectivity index (χ0n) is 26.9. The summed E-state index contributed by atoms with van der Waals surface area (Å²) < 4.78 is 11.6. The molecule has 2 atom stereocenters. The molecular weight excluding hydrogens is 578 g/mol. The first-order valence-electron chi connectivity index (χ1n) is 15.8. The van der Waals surface area contributed by atoms with Crippen molar-refractivity contribution in [1.82, 2.24) is 15.5 Å². The van der Waals surface area contributed by atoms with E-state index in [4.69, 9.17) is 9.47 Å². The minimum Gasteiger partial charge on any atom is -0.494 e. The van der Waals surface area contributed by atoms with E-state index in [1.54, 1.807) is 24.3 Å². The van der Waals surface area contributed by atoms with Crippen LogP contribution in [0.25, 0.3) is 0 Å². The fraction of sp³-hybridized carbons (Fsp3) is 0.316. The van der Waals surface area contributed by atoms with Crippen molar-refractivity contribution in [3.8, 4) is 11.5 Å². The average Bonchev–Trinajstić information content (AvgIpc) is 3.05. The molecule has 2 amide bonds. The van der Waals surface area contributed by atoms with Gasteiger partial charge in [0, 0.05) is 38.0 Å². The Bertz CT molecular complexity index is 1500. The van der Waals surface area contributed by atoms with Crippen molar-refractivity contribution < 1.29 is 24.2 Å². The summed E-state index contributed by atoms with van der Waals surface area (Å²) in [6.45, 7) is 7.36. The Morgan fingerprint density at radius 3 is 2.00 bits per heavy atom. The van der Waals surface area contributed by atoms with Crippen LogP contribution in [0.1, 0.15) is 49.4 Å². The normalized spacial score (nSPS) is 13.0. The maximum Gasteiger partial charge on any atom is 0.224 e. The minimum absolute atomic E-state index is 0.00515. The second-order valence-corrected chi connectivity index (χ2v) is 11.5. The molecule has 0 fully saturated rings. The van der Waals surface area contributed by atoms with Gasteiger partial charge in [-0.25, -0.2) is 0 Å². The van der Waals surface area contributed by atoms with E-state index in [9.17, 15) is 14.7 Å². The average molecular weight is 624 g/mol. The molecule has 0 bridgehead atoms. The van der Waals surface area contributed by atoms with Crippen LogP contribution in [0.3, 0.4) is 0 Å². The van der Waals surface area contributed by atoms with Gasteiger partial charge in [-0.1, -0.05) is 84.9 Å². The Morgan fingerprint density at radius 1 is 0.804 bits per heavy atom. The lowest BCUT2D eigenvalue weighted by molar-refractivity contribution is -0.131. The molecule has 3 N–H and O–H groups in total. The van der Waals surface area contributed by atoms with Gasteiger partial charge in [-0.2, -0.15) is 0 Å². The van der Waals surface area contributed by atoms with Gasteiger partial charge >= 0.3 is 0 Å². The van der Waals surface area contributed by atoms with Crippen LogP contribution in [0, 0.1) is 0 Å². The van der Waals surface area contributed by atoms with E-state index in [2.05, 4.69) is 46.7 Å². The van der Waals surface area contributed by atoms with E-state index in [0.29, 0.717) is 31.1 Å². The van der Waals surface area contributed by atoms with Crippen molar-refractivity contribution in [3.05, 3.63) is 131 Å². The first-order valence-corrected chi connectivity index (χ1v) is 15.8. The Labute approximate surface area is 272 Å². The lowest BCUT2D eigenvalue weighted by Crippen LogP contribution is -2.55. The van der Waals surface area contributed by atoms with E-state index in [1.807, 2.05) is 67.6 Å². The van der Waals surface area contributed by atoms with E-state index >= 15 is 0 Å². The number of hydrogen-bond donors (Lipinski definition) is 3. The number of amides is 2. The zero-order chi connectivity index (χ0) is 32.8.